The standard InChI is InChI=1S/C30H66N4/c1-3-5-7-9-11-13-15-17-19-21-27-33-29(23-25-31)30(24-26-32)34-28-22-20-18-16-14-12-10-8-6-4-2/h29-30,33-34H,3-28,31-32H2,1-2H3. The maximum absolute atomic E-state index is 5.95. The summed E-state index contributed by atoms with van der Waals surface area (Å²) in [7, 11) is 0. The van der Waals surface area contributed by atoms with Crippen LogP contribution in [-0.2, 0) is 0 Å². The minimum absolute atomic E-state index is 0.454. The molecule has 0 saturated carbocycles. The molecule has 0 rings (SSSR count). The Kier molecular flexibility index (Phi) is 28.9. The molecule has 0 fully saturated rings. The minimum Gasteiger partial charge on any atom is -0.330 e. The SMILES string of the molecule is CCCCCCCCCCCCNC(CCN)C(CCN)NCCCCCCCCCCCC. The molecule has 0 aliphatic carbocycles. The van der Waals surface area contributed by atoms with E-state index in [9.17, 15) is 0 Å². The van der Waals surface area contributed by atoms with Crippen LogP contribution in [0.2, 0.25) is 0 Å². The Morgan fingerprint density at radius 1 is 0.412 bits per heavy atom. The molecule has 4 nitrogen and oxygen atoms in total. The van der Waals surface area contributed by atoms with Crippen molar-refractivity contribution in [3.63, 3.8) is 0 Å². The lowest BCUT2D eigenvalue weighted by molar-refractivity contribution is 0.335. The molecule has 0 spiro atoms. The average Bonchev–Trinajstić information content (AvgIpc) is 2.84. The van der Waals surface area contributed by atoms with Crippen molar-refractivity contribution in [1.29, 1.82) is 0 Å². The highest BCUT2D eigenvalue weighted by molar-refractivity contribution is 4.83. The summed E-state index contributed by atoms with van der Waals surface area (Å²) in [5.41, 5.74) is 11.9. The smallest absolute Gasteiger partial charge is 0.0233 e. The van der Waals surface area contributed by atoms with E-state index in [-0.39, 0.29) is 0 Å². The summed E-state index contributed by atoms with van der Waals surface area (Å²) in [6.45, 7) is 8.30. The van der Waals surface area contributed by atoms with Gasteiger partial charge in [-0.15, -0.1) is 0 Å². The Morgan fingerprint density at radius 2 is 0.676 bits per heavy atom. The van der Waals surface area contributed by atoms with Crippen LogP contribution in [0.25, 0.3) is 0 Å². The van der Waals surface area contributed by atoms with Gasteiger partial charge in [0.15, 0.2) is 0 Å². The van der Waals surface area contributed by atoms with Gasteiger partial charge in [-0.1, -0.05) is 129 Å². The largest absolute Gasteiger partial charge is 0.330 e. The van der Waals surface area contributed by atoms with Gasteiger partial charge in [-0.3, -0.25) is 0 Å². The van der Waals surface area contributed by atoms with Crippen molar-refractivity contribution in [3.8, 4) is 0 Å². The number of nitrogens with two attached hydrogens (primary N) is 2. The minimum atomic E-state index is 0.454. The Bertz CT molecular complexity index is 330. The van der Waals surface area contributed by atoms with Gasteiger partial charge in [0, 0.05) is 12.1 Å². The molecule has 0 aromatic heterocycles. The molecule has 0 saturated heterocycles. The van der Waals surface area contributed by atoms with Crippen LogP contribution in [0.1, 0.15) is 155 Å². The molecule has 0 aliphatic rings. The number of rotatable bonds is 29. The van der Waals surface area contributed by atoms with E-state index in [0.29, 0.717) is 12.1 Å². The van der Waals surface area contributed by atoms with E-state index < -0.39 is 0 Å². The van der Waals surface area contributed by atoms with Crippen LogP contribution in [0, 0.1) is 0 Å². The first kappa shape index (κ1) is 33.8. The summed E-state index contributed by atoms with van der Waals surface area (Å²) in [5, 5.41) is 7.64. The van der Waals surface area contributed by atoms with E-state index in [2.05, 4.69) is 24.5 Å². The second kappa shape index (κ2) is 29.1. The lowest BCUT2D eigenvalue weighted by Crippen LogP contribution is -2.50. The van der Waals surface area contributed by atoms with Crippen LogP contribution >= 0.6 is 0 Å². The molecule has 34 heavy (non-hydrogen) atoms. The molecule has 0 aliphatic heterocycles. The quantitative estimate of drug-likeness (QED) is 0.0835. The van der Waals surface area contributed by atoms with Crippen LogP contribution in [0.5, 0.6) is 0 Å². The zero-order chi connectivity index (χ0) is 25.0. The van der Waals surface area contributed by atoms with E-state index in [1.807, 2.05) is 0 Å². The lowest BCUT2D eigenvalue weighted by Gasteiger charge is -2.29. The highest BCUT2D eigenvalue weighted by Gasteiger charge is 2.19. The van der Waals surface area contributed by atoms with Crippen molar-refractivity contribution in [2.45, 2.75) is 167 Å². The maximum Gasteiger partial charge on any atom is 0.0233 e. The van der Waals surface area contributed by atoms with Crippen molar-refractivity contribution in [2.24, 2.45) is 11.5 Å². The van der Waals surface area contributed by atoms with E-state index >= 15 is 0 Å². The lowest BCUT2D eigenvalue weighted by atomic mass is 10.0. The van der Waals surface area contributed by atoms with E-state index in [1.165, 1.54) is 128 Å². The molecule has 0 heterocycles. The van der Waals surface area contributed by atoms with Gasteiger partial charge in [-0.2, -0.15) is 0 Å². The normalized spacial score (nSPS) is 13.4. The molecular formula is C30H66N4. The number of unbranched alkanes of at least 4 members (excludes halogenated alkanes) is 18. The van der Waals surface area contributed by atoms with Crippen molar-refractivity contribution in [1.82, 2.24) is 10.6 Å². The van der Waals surface area contributed by atoms with Gasteiger partial charge < -0.3 is 22.1 Å². The first-order valence-corrected chi connectivity index (χ1v) is 15.7. The van der Waals surface area contributed by atoms with Crippen molar-refractivity contribution < 1.29 is 0 Å². The second-order valence-electron chi connectivity index (χ2n) is 10.6. The molecular weight excluding hydrogens is 416 g/mol. The zero-order valence-electron chi connectivity index (χ0n) is 23.7. The van der Waals surface area contributed by atoms with Crippen LogP contribution in [0.15, 0.2) is 0 Å². The first-order valence-electron chi connectivity index (χ1n) is 15.7. The summed E-state index contributed by atoms with van der Waals surface area (Å²) in [4.78, 5) is 0. The molecule has 0 aromatic rings. The highest BCUT2D eigenvalue weighted by atomic mass is 15.0. The first-order chi connectivity index (χ1) is 16.8. The predicted octanol–water partition coefficient (Wildman–Crippen LogP) is 7.44. The van der Waals surface area contributed by atoms with Crippen molar-refractivity contribution >= 4 is 0 Å². The van der Waals surface area contributed by atoms with E-state index in [4.69, 9.17) is 11.5 Å². The Labute approximate surface area is 215 Å². The fourth-order valence-electron chi connectivity index (χ4n) is 5.05. The molecule has 0 radical (unpaired) electrons. The third-order valence-corrected chi connectivity index (χ3v) is 7.31. The third-order valence-electron chi connectivity index (χ3n) is 7.31. The summed E-state index contributed by atoms with van der Waals surface area (Å²) in [5.74, 6) is 0. The van der Waals surface area contributed by atoms with Gasteiger partial charge >= 0.3 is 0 Å². The summed E-state index contributed by atoms with van der Waals surface area (Å²) in [6.07, 6.45) is 29.9. The third kappa shape index (κ3) is 23.6. The van der Waals surface area contributed by atoms with Crippen molar-refractivity contribution in [2.75, 3.05) is 26.2 Å². The zero-order valence-corrected chi connectivity index (χ0v) is 23.7. The van der Waals surface area contributed by atoms with E-state index in [1.54, 1.807) is 0 Å². The van der Waals surface area contributed by atoms with Gasteiger partial charge in [-0.05, 0) is 51.9 Å². The maximum atomic E-state index is 5.95. The second-order valence-corrected chi connectivity index (χ2v) is 10.6. The Balaban J connectivity index is 3.85. The van der Waals surface area contributed by atoms with Crippen LogP contribution in [0.4, 0.5) is 0 Å². The summed E-state index contributed by atoms with van der Waals surface area (Å²) in [6, 6.07) is 0.908. The number of hydrogen-bond acceptors (Lipinski definition) is 4. The topological polar surface area (TPSA) is 76.1 Å². The molecule has 0 amide bonds. The number of hydrogen-bond donors (Lipinski definition) is 4. The average molecular weight is 483 g/mol. The molecule has 2 unspecified atom stereocenters. The summed E-state index contributed by atoms with van der Waals surface area (Å²) >= 11 is 0. The van der Waals surface area contributed by atoms with Gasteiger partial charge in [-0.25, -0.2) is 0 Å². The monoisotopic (exact) mass is 483 g/mol. The molecule has 206 valence electrons. The van der Waals surface area contributed by atoms with E-state index in [0.717, 1.165) is 39.0 Å². The van der Waals surface area contributed by atoms with Crippen LogP contribution < -0.4 is 22.1 Å². The fraction of sp³-hybridized carbons (Fsp3) is 1.00. The van der Waals surface area contributed by atoms with Crippen LogP contribution in [-0.4, -0.2) is 38.3 Å². The molecule has 0 bridgehead atoms. The predicted molar refractivity (Wildman–Crippen MR) is 155 cm³/mol. The molecule has 0 aromatic carbocycles. The van der Waals surface area contributed by atoms with Gasteiger partial charge in [0.25, 0.3) is 0 Å². The van der Waals surface area contributed by atoms with Gasteiger partial charge in [0.1, 0.15) is 0 Å². The fourth-order valence-corrected chi connectivity index (χ4v) is 5.05. The van der Waals surface area contributed by atoms with Crippen molar-refractivity contribution in [3.05, 3.63) is 0 Å². The Morgan fingerprint density at radius 3 is 0.941 bits per heavy atom. The number of nitrogens with one attached hydrogen (secondary N) is 2. The molecule has 2 atom stereocenters. The molecule has 4 heteroatoms. The highest BCUT2D eigenvalue weighted by Crippen LogP contribution is 2.12. The van der Waals surface area contributed by atoms with Crippen LogP contribution in [0.3, 0.4) is 0 Å². The van der Waals surface area contributed by atoms with Gasteiger partial charge in [0.2, 0.25) is 0 Å². The summed E-state index contributed by atoms with van der Waals surface area (Å²) < 4.78 is 0. The molecule has 6 N–H and O–H groups in total. The van der Waals surface area contributed by atoms with Gasteiger partial charge in [0.05, 0.1) is 0 Å². The Hall–Kier alpha value is -0.160.